The molecule has 0 fully saturated rings. The Hall–Kier alpha value is -4.18. The molecule has 0 saturated carbocycles. The van der Waals surface area contributed by atoms with Crippen LogP contribution in [0.2, 0.25) is 0 Å². The Bertz CT molecular complexity index is 2130. The van der Waals surface area contributed by atoms with E-state index in [1.165, 1.54) is 32.5 Å². The molecule has 9 heteroatoms. The maximum absolute atomic E-state index is 5.51. The summed E-state index contributed by atoms with van der Waals surface area (Å²) in [5.74, 6) is 0. The van der Waals surface area contributed by atoms with Gasteiger partial charge in [-0.3, -0.25) is 0 Å². The van der Waals surface area contributed by atoms with Crippen LogP contribution in [0.4, 0.5) is 10.0 Å². The van der Waals surface area contributed by atoms with Gasteiger partial charge in [-0.1, -0.05) is 48.5 Å². The Kier molecular flexibility index (Phi) is 5.50. The van der Waals surface area contributed by atoms with Gasteiger partial charge in [-0.15, -0.1) is 22.7 Å². The zero-order valence-corrected chi connectivity index (χ0v) is 25.3. The molecule has 8 rings (SSSR count). The van der Waals surface area contributed by atoms with Crippen molar-refractivity contribution in [2.45, 2.75) is 0 Å². The Balaban J connectivity index is 1.60. The van der Waals surface area contributed by atoms with Gasteiger partial charge in [0, 0.05) is 59.8 Å². The first kappa shape index (κ1) is 24.6. The molecule has 200 valence electrons. The number of thiophene rings is 2. The molecule has 0 saturated heterocycles. The van der Waals surface area contributed by atoms with Crippen molar-refractivity contribution in [3.05, 3.63) is 72.8 Å². The number of benzene rings is 4. The van der Waals surface area contributed by atoms with Gasteiger partial charge in [-0.05, 0) is 35.0 Å². The van der Waals surface area contributed by atoms with E-state index in [4.69, 9.17) is 18.7 Å². The van der Waals surface area contributed by atoms with Crippen LogP contribution >= 0.6 is 34.4 Å². The van der Waals surface area contributed by atoms with Crippen molar-refractivity contribution in [3.8, 4) is 20.9 Å². The Labute approximate surface area is 248 Å². The lowest BCUT2D eigenvalue weighted by Gasteiger charge is -2.14. The van der Waals surface area contributed by atoms with Crippen molar-refractivity contribution in [2.24, 2.45) is 0 Å². The minimum absolute atomic E-state index is 0.861. The van der Waals surface area contributed by atoms with E-state index in [9.17, 15) is 0 Å². The van der Waals surface area contributed by atoms with Crippen LogP contribution in [0, 0.1) is 0 Å². The maximum Gasteiger partial charge on any atom is 0.116 e. The second-order valence-electron chi connectivity index (χ2n) is 10.5. The number of rotatable bonds is 4. The Morgan fingerprint density at radius 1 is 0.463 bits per heavy atom. The van der Waals surface area contributed by atoms with E-state index in [0.717, 1.165) is 64.8 Å². The molecule has 0 aliphatic carbocycles. The SMILES string of the molecule is CN(C)c1ccc(-c2c3nsnc3c(-c3ccc(N(C)C)s3)c3nc4c5ccccc5c5ccccc5c4nc23)s1. The van der Waals surface area contributed by atoms with Crippen LogP contribution < -0.4 is 9.80 Å². The number of anilines is 2. The van der Waals surface area contributed by atoms with Crippen LogP contribution in [-0.4, -0.2) is 46.9 Å². The number of hydrogen-bond donors (Lipinski definition) is 0. The molecule has 0 N–H and O–H groups in total. The summed E-state index contributed by atoms with van der Waals surface area (Å²) < 4.78 is 9.74. The summed E-state index contributed by atoms with van der Waals surface area (Å²) in [6, 6.07) is 25.7. The third-order valence-electron chi connectivity index (χ3n) is 7.54. The zero-order chi connectivity index (χ0) is 27.8. The molecule has 0 atom stereocenters. The van der Waals surface area contributed by atoms with Crippen LogP contribution in [0.25, 0.3) is 75.5 Å². The molecule has 0 amide bonds. The van der Waals surface area contributed by atoms with Crippen LogP contribution in [0.1, 0.15) is 0 Å². The lowest BCUT2D eigenvalue weighted by atomic mass is 9.98. The van der Waals surface area contributed by atoms with Crippen LogP contribution in [0.5, 0.6) is 0 Å². The lowest BCUT2D eigenvalue weighted by Crippen LogP contribution is -2.05. The first-order valence-corrected chi connectivity index (χ1v) is 15.6. The molecule has 4 aromatic heterocycles. The van der Waals surface area contributed by atoms with Gasteiger partial charge in [0.2, 0.25) is 0 Å². The fraction of sp³-hybridized carbons (Fsp3) is 0.125. The van der Waals surface area contributed by atoms with Gasteiger partial charge in [-0.25, -0.2) is 9.97 Å². The first-order valence-electron chi connectivity index (χ1n) is 13.2. The summed E-state index contributed by atoms with van der Waals surface area (Å²) in [7, 11) is 8.28. The Morgan fingerprint density at radius 3 is 1.27 bits per heavy atom. The molecular formula is C32H24N6S3. The summed E-state index contributed by atoms with van der Waals surface area (Å²) >= 11 is 4.73. The van der Waals surface area contributed by atoms with Crippen molar-refractivity contribution < 1.29 is 0 Å². The molecule has 4 aromatic carbocycles. The van der Waals surface area contributed by atoms with Gasteiger partial charge in [-0.2, -0.15) is 8.75 Å². The zero-order valence-electron chi connectivity index (χ0n) is 22.8. The molecule has 6 nitrogen and oxygen atoms in total. The molecule has 0 aliphatic rings. The van der Waals surface area contributed by atoms with Gasteiger partial charge in [0.05, 0.1) is 32.8 Å². The molecule has 8 aromatic rings. The summed E-state index contributed by atoms with van der Waals surface area (Å²) in [5.41, 5.74) is 7.30. The van der Waals surface area contributed by atoms with Crippen molar-refractivity contribution in [3.63, 3.8) is 0 Å². The Morgan fingerprint density at radius 2 is 0.878 bits per heavy atom. The van der Waals surface area contributed by atoms with Gasteiger partial charge in [0.25, 0.3) is 0 Å². The highest BCUT2D eigenvalue weighted by Crippen LogP contribution is 2.47. The van der Waals surface area contributed by atoms with Gasteiger partial charge in [0.1, 0.15) is 22.1 Å². The highest BCUT2D eigenvalue weighted by molar-refractivity contribution is 7.20. The van der Waals surface area contributed by atoms with Gasteiger partial charge >= 0.3 is 0 Å². The van der Waals surface area contributed by atoms with Crippen molar-refractivity contribution in [1.29, 1.82) is 0 Å². The minimum atomic E-state index is 0.861. The smallest absolute Gasteiger partial charge is 0.116 e. The van der Waals surface area contributed by atoms with E-state index >= 15 is 0 Å². The first-order chi connectivity index (χ1) is 20.0. The highest BCUT2D eigenvalue weighted by Gasteiger charge is 2.25. The summed E-state index contributed by atoms with van der Waals surface area (Å²) in [6.45, 7) is 0. The summed E-state index contributed by atoms with van der Waals surface area (Å²) in [6.07, 6.45) is 0. The standard InChI is InChI=1S/C32H24N6S3/c1-37(2)23-15-13-21(39-23)25-29-30(26(32-31(25)35-41-36-32)22-14-16-24(40-22)38(3)4)34-28-20-12-8-6-10-18(20)17-9-5-7-11-19(17)27(28)33-29/h5-16H,1-4H3. The third kappa shape index (κ3) is 3.66. The van der Waals surface area contributed by atoms with E-state index in [2.05, 4.69) is 111 Å². The van der Waals surface area contributed by atoms with E-state index < -0.39 is 0 Å². The number of fused-ring (bicyclic) bond motifs is 8. The minimum Gasteiger partial charge on any atom is -0.370 e. The predicted octanol–water partition coefficient (Wildman–Crippen LogP) is 8.68. The van der Waals surface area contributed by atoms with Crippen molar-refractivity contribution in [1.82, 2.24) is 18.7 Å². The molecule has 0 unspecified atom stereocenters. The summed E-state index contributed by atoms with van der Waals surface area (Å²) in [4.78, 5) is 17.5. The van der Waals surface area contributed by atoms with Gasteiger partial charge in [0.15, 0.2) is 0 Å². The number of nitrogens with zero attached hydrogens (tertiary/aromatic N) is 6. The monoisotopic (exact) mass is 588 g/mol. The molecular weight excluding hydrogens is 565 g/mol. The topological polar surface area (TPSA) is 58.0 Å². The predicted molar refractivity (Wildman–Crippen MR) is 178 cm³/mol. The fourth-order valence-electron chi connectivity index (χ4n) is 5.62. The van der Waals surface area contributed by atoms with Gasteiger partial charge < -0.3 is 9.80 Å². The van der Waals surface area contributed by atoms with E-state index in [-0.39, 0.29) is 0 Å². The van der Waals surface area contributed by atoms with Crippen molar-refractivity contribution in [2.75, 3.05) is 38.0 Å². The summed E-state index contributed by atoms with van der Waals surface area (Å²) in [5, 5.41) is 6.92. The second kappa shape index (κ2) is 9.17. The molecule has 0 aliphatic heterocycles. The van der Waals surface area contributed by atoms with Crippen molar-refractivity contribution >= 4 is 99.0 Å². The highest BCUT2D eigenvalue weighted by atomic mass is 32.1. The molecule has 4 heterocycles. The largest absolute Gasteiger partial charge is 0.370 e. The normalized spacial score (nSPS) is 11.9. The lowest BCUT2D eigenvalue weighted by molar-refractivity contribution is 1.16. The maximum atomic E-state index is 5.51. The molecule has 0 spiro atoms. The van der Waals surface area contributed by atoms with Crippen LogP contribution in [0.15, 0.2) is 72.8 Å². The number of aromatic nitrogens is 4. The van der Waals surface area contributed by atoms with Crippen LogP contribution in [0.3, 0.4) is 0 Å². The van der Waals surface area contributed by atoms with Crippen LogP contribution in [-0.2, 0) is 0 Å². The molecule has 0 bridgehead atoms. The molecule has 41 heavy (non-hydrogen) atoms. The van der Waals surface area contributed by atoms with E-state index in [1.807, 2.05) is 0 Å². The number of hydrogen-bond acceptors (Lipinski definition) is 9. The molecule has 0 radical (unpaired) electrons. The van der Waals surface area contributed by atoms with E-state index in [0.29, 0.717) is 0 Å². The second-order valence-corrected chi connectivity index (χ2v) is 13.1. The quantitative estimate of drug-likeness (QED) is 0.151. The average molecular weight is 589 g/mol. The third-order valence-corrected chi connectivity index (χ3v) is 10.6. The fourth-order valence-corrected chi connectivity index (χ4v) is 8.13. The van der Waals surface area contributed by atoms with E-state index in [1.54, 1.807) is 22.7 Å². The average Bonchev–Trinajstić information content (AvgIpc) is 3.77.